The van der Waals surface area contributed by atoms with Gasteiger partial charge < -0.3 is 10.2 Å². The fourth-order valence-corrected chi connectivity index (χ4v) is 4.67. The summed E-state index contributed by atoms with van der Waals surface area (Å²) in [7, 11) is -3.75. The monoisotopic (exact) mass is 501 g/mol. The van der Waals surface area contributed by atoms with E-state index >= 15 is 0 Å². The average molecular weight is 502 g/mol. The molecule has 0 aliphatic heterocycles. The minimum atomic E-state index is -3.75. The van der Waals surface area contributed by atoms with Crippen LogP contribution in [-0.4, -0.2) is 50.0 Å². The third-order valence-electron chi connectivity index (χ3n) is 5.71. The van der Waals surface area contributed by atoms with Crippen LogP contribution in [0, 0.1) is 0 Å². The first-order valence-electron chi connectivity index (χ1n) is 12.0. The molecule has 0 heterocycles. The summed E-state index contributed by atoms with van der Waals surface area (Å²) in [5.74, 6) is -0.697. The Hall–Kier alpha value is -2.87. The van der Waals surface area contributed by atoms with Gasteiger partial charge in [-0.2, -0.15) is 0 Å². The van der Waals surface area contributed by atoms with Crippen LogP contribution in [0.5, 0.6) is 0 Å². The van der Waals surface area contributed by atoms with E-state index in [1.54, 1.807) is 12.1 Å². The number of benzene rings is 2. The quantitative estimate of drug-likeness (QED) is 0.531. The average Bonchev–Trinajstić information content (AvgIpc) is 2.76. The standard InChI is InChI=1S/C27H39N3O4S/c1-8-24(26(32)28-20(2)3)29(18-21-12-10-9-11-13-21)25(31)19-30(35(7,33)34)23-16-14-22(15-17-23)27(4,5)6/h9-17,20,24H,8,18-19H2,1-7H3,(H,28,32). The van der Waals surface area contributed by atoms with E-state index in [0.29, 0.717) is 12.1 Å². The van der Waals surface area contributed by atoms with Gasteiger partial charge in [-0.1, -0.05) is 70.2 Å². The fourth-order valence-electron chi connectivity index (χ4n) is 3.82. The van der Waals surface area contributed by atoms with Gasteiger partial charge in [-0.25, -0.2) is 8.42 Å². The van der Waals surface area contributed by atoms with Gasteiger partial charge in [0.25, 0.3) is 0 Å². The molecular formula is C27H39N3O4S. The molecule has 0 saturated heterocycles. The van der Waals surface area contributed by atoms with Crippen LogP contribution in [0.15, 0.2) is 54.6 Å². The molecule has 7 nitrogen and oxygen atoms in total. The van der Waals surface area contributed by atoms with Crippen molar-refractivity contribution in [1.82, 2.24) is 10.2 Å². The van der Waals surface area contributed by atoms with Crippen molar-refractivity contribution in [2.75, 3.05) is 17.1 Å². The number of hydrogen-bond acceptors (Lipinski definition) is 4. The van der Waals surface area contributed by atoms with Gasteiger partial charge in [0.15, 0.2) is 0 Å². The second-order valence-electron chi connectivity index (χ2n) is 10.2. The van der Waals surface area contributed by atoms with Crippen LogP contribution in [-0.2, 0) is 31.6 Å². The van der Waals surface area contributed by atoms with Crippen molar-refractivity contribution >= 4 is 27.5 Å². The maximum Gasteiger partial charge on any atom is 0.244 e. The molecule has 0 saturated carbocycles. The number of sulfonamides is 1. The molecule has 0 aliphatic carbocycles. The molecular weight excluding hydrogens is 462 g/mol. The zero-order chi connectivity index (χ0) is 26.4. The van der Waals surface area contributed by atoms with Crippen LogP contribution in [0.3, 0.4) is 0 Å². The normalized spacial score (nSPS) is 12.8. The third-order valence-corrected chi connectivity index (χ3v) is 6.85. The molecule has 1 N–H and O–H groups in total. The van der Waals surface area contributed by atoms with Crippen LogP contribution in [0.1, 0.15) is 59.1 Å². The summed E-state index contributed by atoms with van der Waals surface area (Å²) in [5, 5.41) is 2.89. The van der Waals surface area contributed by atoms with Crippen LogP contribution >= 0.6 is 0 Å². The third kappa shape index (κ3) is 8.09. The molecule has 8 heteroatoms. The highest BCUT2D eigenvalue weighted by Gasteiger charge is 2.32. The summed E-state index contributed by atoms with van der Waals surface area (Å²) < 4.78 is 26.6. The van der Waals surface area contributed by atoms with E-state index in [2.05, 4.69) is 26.1 Å². The Morgan fingerprint density at radius 2 is 1.54 bits per heavy atom. The Morgan fingerprint density at radius 3 is 2.00 bits per heavy atom. The van der Waals surface area contributed by atoms with Gasteiger partial charge in [-0.05, 0) is 48.9 Å². The highest BCUT2D eigenvalue weighted by molar-refractivity contribution is 7.92. The van der Waals surface area contributed by atoms with E-state index in [9.17, 15) is 18.0 Å². The lowest BCUT2D eigenvalue weighted by atomic mass is 9.87. The Kier molecular flexibility index (Phi) is 9.49. The first-order valence-corrected chi connectivity index (χ1v) is 13.8. The van der Waals surface area contributed by atoms with E-state index in [4.69, 9.17) is 0 Å². The van der Waals surface area contributed by atoms with Crippen molar-refractivity contribution in [3.63, 3.8) is 0 Å². The second kappa shape index (κ2) is 11.7. The van der Waals surface area contributed by atoms with E-state index in [1.807, 2.05) is 63.2 Å². The Balaban J connectivity index is 2.42. The lowest BCUT2D eigenvalue weighted by Gasteiger charge is -2.33. The molecule has 0 bridgehead atoms. The maximum atomic E-state index is 13.6. The van der Waals surface area contributed by atoms with Crippen molar-refractivity contribution in [2.24, 2.45) is 0 Å². The summed E-state index contributed by atoms with van der Waals surface area (Å²) in [6.07, 6.45) is 1.48. The summed E-state index contributed by atoms with van der Waals surface area (Å²) in [4.78, 5) is 28.1. The number of nitrogens with one attached hydrogen (secondary N) is 1. The van der Waals surface area contributed by atoms with Crippen molar-refractivity contribution in [3.8, 4) is 0 Å². The molecule has 1 unspecified atom stereocenters. The molecule has 35 heavy (non-hydrogen) atoms. The molecule has 2 rings (SSSR count). The van der Waals surface area contributed by atoms with Crippen molar-refractivity contribution in [3.05, 3.63) is 65.7 Å². The molecule has 0 aliphatic rings. The van der Waals surface area contributed by atoms with Crippen molar-refractivity contribution in [1.29, 1.82) is 0 Å². The highest BCUT2D eigenvalue weighted by Crippen LogP contribution is 2.26. The SMILES string of the molecule is CCC(C(=O)NC(C)C)N(Cc1ccccc1)C(=O)CN(c1ccc(C(C)(C)C)cc1)S(C)(=O)=O. The second-order valence-corrected chi connectivity index (χ2v) is 12.1. The topological polar surface area (TPSA) is 86.8 Å². The van der Waals surface area contributed by atoms with Gasteiger partial charge in [0.05, 0.1) is 11.9 Å². The molecule has 1 atom stereocenters. The number of carbonyl (C=O) groups is 2. The number of nitrogens with zero attached hydrogens (tertiary/aromatic N) is 2. The number of amides is 2. The molecule has 2 aromatic rings. The number of anilines is 1. The van der Waals surface area contributed by atoms with Gasteiger partial charge in [-0.3, -0.25) is 13.9 Å². The first-order chi connectivity index (χ1) is 16.2. The Morgan fingerprint density at radius 1 is 0.971 bits per heavy atom. The Bertz CT molecular complexity index is 1090. The number of rotatable bonds is 10. The van der Waals surface area contributed by atoms with Crippen molar-refractivity contribution < 1.29 is 18.0 Å². The van der Waals surface area contributed by atoms with Crippen LogP contribution in [0.4, 0.5) is 5.69 Å². The predicted octanol–water partition coefficient (Wildman–Crippen LogP) is 4.08. The molecule has 0 aromatic heterocycles. The molecule has 0 radical (unpaired) electrons. The van der Waals surface area contributed by atoms with Crippen molar-refractivity contribution in [2.45, 2.75) is 72.0 Å². The Labute approximate surface area is 210 Å². The smallest absolute Gasteiger partial charge is 0.244 e. The van der Waals surface area contributed by atoms with E-state index in [-0.39, 0.29) is 23.9 Å². The first kappa shape index (κ1) is 28.4. The van der Waals surface area contributed by atoms with Crippen LogP contribution < -0.4 is 9.62 Å². The summed E-state index contributed by atoms with van der Waals surface area (Å²) in [6.45, 7) is 11.6. The minimum Gasteiger partial charge on any atom is -0.352 e. The number of carbonyl (C=O) groups excluding carboxylic acids is 2. The number of hydrogen-bond donors (Lipinski definition) is 1. The summed E-state index contributed by atoms with van der Waals surface area (Å²) in [5.41, 5.74) is 2.24. The predicted molar refractivity (Wildman–Crippen MR) is 142 cm³/mol. The molecule has 2 amide bonds. The minimum absolute atomic E-state index is 0.0842. The zero-order valence-corrected chi connectivity index (χ0v) is 22.7. The van der Waals surface area contributed by atoms with Gasteiger partial charge >= 0.3 is 0 Å². The summed E-state index contributed by atoms with van der Waals surface area (Å²) in [6, 6.07) is 15.8. The van der Waals surface area contributed by atoms with Gasteiger partial charge in [0, 0.05) is 12.6 Å². The maximum absolute atomic E-state index is 13.6. The van der Waals surface area contributed by atoms with Crippen LogP contribution in [0.25, 0.3) is 0 Å². The lowest BCUT2D eigenvalue weighted by molar-refractivity contribution is -0.140. The summed E-state index contributed by atoms with van der Waals surface area (Å²) >= 11 is 0. The van der Waals surface area contributed by atoms with E-state index in [0.717, 1.165) is 21.7 Å². The molecule has 0 spiro atoms. The highest BCUT2D eigenvalue weighted by atomic mass is 32.2. The molecule has 2 aromatic carbocycles. The van der Waals surface area contributed by atoms with E-state index < -0.39 is 28.5 Å². The van der Waals surface area contributed by atoms with E-state index in [1.165, 1.54) is 4.90 Å². The van der Waals surface area contributed by atoms with Gasteiger partial charge in [0.1, 0.15) is 12.6 Å². The zero-order valence-electron chi connectivity index (χ0n) is 21.9. The van der Waals surface area contributed by atoms with Crippen LogP contribution in [0.2, 0.25) is 0 Å². The van der Waals surface area contributed by atoms with Gasteiger partial charge in [-0.15, -0.1) is 0 Å². The lowest BCUT2D eigenvalue weighted by Crippen LogP contribution is -2.53. The molecule has 0 fully saturated rings. The largest absolute Gasteiger partial charge is 0.352 e. The molecule has 192 valence electrons. The van der Waals surface area contributed by atoms with Gasteiger partial charge in [0.2, 0.25) is 21.8 Å². The fraction of sp³-hybridized carbons (Fsp3) is 0.481.